The Morgan fingerprint density at radius 3 is 2.68 bits per heavy atom. The molecule has 1 unspecified atom stereocenters. The molecule has 0 saturated carbocycles. The number of benzene rings is 1. The molecule has 5 heteroatoms. The maximum Gasteiger partial charge on any atom is 0.191 e. The summed E-state index contributed by atoms with van der Waals surface area (Å²) in [6.45, 7) is 4.43. The molecule has 2 rings (SSSR count). The van der Waals surface area contributed by atoms with Gasteiger partial charge in [0.25, 0.3) is 0 Å². The van der Waals surface area contributed by atoms with Gasteiger partial charge in [0.2, 0.25) is 0 Å². The molecule has 25 heavy (non-hydrogen) atoms. The minimum Gasteiger partial charge on any atom is -0.388 e. The van der Waals surface area contributed by atoms with E-state index in [0.29, 0.717) is 13.0 Å². The second kappa shape index (κ2) is 13.2. The van der Waals surface area contributed by atoms with Gasteiger partial charge in [-0.05, 0) is 51.0 Å². The van der Waals surface area contributed by atoms with Crippen LogP contribution in [0.25, 0.3) is 0 Å². The first kappa shape index (κ1) is 22.0. The molecule has 1 aliphatic carbocycles. The zero-order valence-electron chi connectivity index (χ0n) is 15.2. The second-order valence-electron chi connectivity index (χ2n) is 6.26. The Balaban J connectivity index is 0.00000312. The average molecular weight is 457 g/mol. The first-order valence-electron chi connectivity index (χ1n) is 9.22. The Labute approximate surface area is 169 Å². The lowest BCUT2D eigenvalue weighted by atomic mass is 9.97. The molecule has 0 radical (unpaired) electrons. The van der Waals surface area contributed by atoms with Crippen molar-refractivity contribution in [2.75, 3.05) is 19.6 Å². The topological polar surface area (TPSA) is 56.7 Å². The molecule has 3 N–H and O–H groups in total. The number of nitrogens with one attached hydrogen (secondary N) is 2. The monoisotopic (exact) mass is 457 g/mol. The quantitative estimate of drug-likeness (QED) is 0.238. The summed E-state index contributed by atoms with van der Waals surface area (Å²) >= 11 is 0. The van der Waals surface area contributed by atoms with E-state index in [2.05, 4.69) is 28.6 Å². The highest BCUT2D eigenvalue weighted by molar-refractivity contribution is 14.0. The van der Waals surface area contributed by atoms with Gasteiger partial charge in [0, 0.05) is 19.6 Å². The van der Waals surface area contributed by atoms with E-state index in [1.165, 1.54) is 25.7 Å². The maximum absolute atomic E-state index is 10.2. The molecular formula is C20H32IN3O. The number of hydrogen-bond acceptors (Lipinski definition) is 2. The van der Waals surface area contributed by atoms with Crippen LogP contribution in [0.15, 0.2) is 47.0 Å². The van der Waals surface area contributed by atoms with Crippen molar-refractivity contribution in [2.45, 2.75) is 51.6 Å². The molecule has 1 atom stereocenters. The number of hydrogen-bond donors (Lipinski definition) is 3. The van der Waals surface area contributed by atoms with Crippen molar-refractivity contribution >= 4 is 29.9 Å². The number of aliphatic hydroxyl groups excluding tert-OH is 1. The molecule has 140 valence electrons. The number of aliphatic imine (C=N–C) groups is 1. The number of nitrogens with zero attached hydrogens (tertiary/aromatic N) is 1. The molecule has 0 amide bonds. The van der Waals surface area contributed by atoms with E-state index < -0.39 is 6.10 Å². The van der Waals surface area contributed by atoms with E-state index >= 15 is 0 Å². The number of halogens is 1. The van der Waals surface area contributed by atoms with E-state index in [4.69, 9.17) is 0 Å². The van der Waals surface area contributed by atoms with Crippen LogP contribution in [0.4, 0.5) is 0 Å². The summed E-state index contributed by atoms with van der Waals surface area (Å²) in [6, 6.07) is 9.77. The van der Waals surface area contributed by atoms with Crippen molar-refractivity contribution in [3.8, 4) is 0 Å². The van der Waals surface area contributed by atoms with Crippen molar-refractivity contribution in [3.63, 3.8) is 0 Å². The minimum absolute atomic E-state index is 0. The zero-order chi connectivity index (χ0) is 17.0. The Morgan fingerprint density at radius 1 is 1.20 bits per heavy atom. The van der Waals surface area contributed by atoms with Crippen LogP contribution >= 0.6 is 24.0 Å². The van der Waals surface area contributed by atoms with Crippen LogP contribution < -0.4 is 10.6 Å². The number of rotatable bonds is 8. The second-order valence-corrected chi connectivity index (χ2v) is 6.26. The van der Waals surface area contributed by atoms with Gasteiger partial charge in [-0.15, -0.1) is 24.0 Å². The largest absolute Gasteiger partial charge is 0.388 e. The number of allylic oxidation sites excluding steroid dienone is 1. The fourth-order valence-corrected chi connectivity index (χ4v) is 2.96. The van der Waals surface area contributed by atoms with Gasteiger partial charge in [-0.25, -0.2) is 0 Å². The van der Waals surface area contributed by atoms with E-state index in [1.54, 1.807) is 5.57 Å². The maximum atomic E-state index is 10.2. The van der Waals surface area contributed by atoms with Gasteiger partial charge < -0.3 is 15.7 Å². The van der Waals surface area contributed by atoms with Crippen LogP contribution in [-0.4, -0.2) is 30.7 Å². The van der Waals surface area contributed by atoms with E-state index in [-0.39, 0.29) is 24.0 Å². The molecule has 0 heterocycles. The van der Waals surface area contributed by atoms with Crippen LogP contribution in [0.3, 0.4) is 0 Å². The first-order chi connectivity index (χ1) is 11.8. The highest BCUT2D eigenvalue weighted by Gasteiger charge is 2.07. The summed E-state index contributed by atoms with van der Waals surface area (Å²) in [5.74, 6) is 0.842. The van der Waals surface area contributed by atoms with E-state index in [1.807, 2.05) is 30.3 Å². The molecule has 0 saturated heterocycles. The third-order valence-electron chi connectivity index (χ3n) is 4.32. The van der Waals surface area contributed by atoms with Crippen molar-refractivity contribution in [1.82, 2.24) is 10.6 Å². The molecule has 0 fully saturated rings. The Morgan fingerprint density at radius 2 is 2.00 bits per heavy atom. The summed E-state index contributed by atoms with van der Waals surface area (Å²) in [5.41, 5.74) is 2.53. The minimum atomic E-state index is -0.453. The fourth-order valence-electron chi connectivity index (χ4n) is 2.96. The van der Waals surface area contributed by atoms with Crippen LogP contribution in [0.2, 0.25) is 0 Å². The third-order valence-corrected chi connectivity index (χ3v) is 4.32. The summed E-state index contributed by atoms with van der Waals surface area (Å²) in [5, 5.41) is 16.9. The summed E-state index contributed by atoms with van der Waals surface area (Å²) in [4.78, 5) is 4.58. The lowest BCUT2D eigenvalue weighted by Gasteiger charge is -2.15. The van der Waals surface area contributed by atoms with Gasteiger partial charge in [0.15, 0.2) is 5.96 Å². The molecular weight excluding hydrogens is 425 g/mol. The van der Waals surface area contributed by atoms with E-state index in [0.717, 1.165) is 31.0 Å². The summed E-state index contributed by atoms with van der Waals surface area (Å²) in [7, 11) is 0. The Hall–Kier alpha value is -1.08. The summed E-state index contributed by atoms with van der Waals surface area (Å²) in [6.07, 6.45) is 8.82. The highest BCUT2D eigenvalue weighted by Crippen LogP contribution is 2.19. The molecule has 1 aromatic rings. The average Bonchev–Trinajstić information content (AvgIpc) is 2.63. The Bertz CT molecular complexity index is 531. The SMILES string of the molecule is CCNC(=NCCC(O)c1ccccc1)NCCC1=CCCCC1.I. The molecule has 0 bridgehead atoms. The third kappa shape index (κ3) is 8.72. The molecule has 0 spiro atoms. The van der Waals surface area contributed by atoms with Gasteiger partial charge in [0.05, 0.1) is 6.10 Å². The molecule has 1 aromatic carbocycles. The van der Waals surface area contributed by atoms with Crippen molar-refractivity contribution in [2.24, 2.45) is 4.99 Å². The number of guanidine groups is 1. The van der Waals surface area contributed by atoms with Crippen LogP contribution in [0.1, 0.15) is 57.1 Å². The van der Waals surface area contributed by atoms with Crippen molar-refractivity contribution < 1.29 is 5.11 Å². The Kier molecular flexibility index (Phi) is 11.6. The summed E-state index contributed by atoms with van der Waals surface area (Å²) < 4.78 is 0. The fraction of sp³-hybridized carbons (Fsp3) is 0.550. The first-order valence-corrected chi connectivity index (χ1v) is 9.22. The van der Waals surface area contributed by atoms with Gasteiger partial charge in [-0.2, -0.15) is 0 Å². The predicted molar refractivity (Wildman–Crippen MR) is 117 cm³/mol. The standard InChI is InChI=1S/C20H31N3O.HI/c1-2-21-20(22-15-13-17-9-5-3-6-10-17)23-16-14-19(24)18-11-7-4-8-12-18;/h4,7-9,11-12,19,24H,2-3,5-6,10,13-16H2,1H3,(H2,21,22,23);1H. The molecule has 1 aliphatic rings. The zero-order valence-corrected chi connectivity index (χ0v) is 17.5. The van der Waals surface area contributed by atoms with Crippen molar-refractivity contribution in [3.05, 3.63) is 47.5 Å². The number of aliphatic hydroxyl groups is 1. The molecule has 4 nitrogen and oxygen atoms in total. The van der Waals surface area contributed by atoms with Crippen LogP contribution in [-0.2, 0) is 0 Å². The van der Waals surface area contributed by atoms with Crippen LogP contribution in [0.5, 0.6) is 0 Å². The highest BCUT2D eigenvalue weighted by atomic mass is 127. The normalized spacial score (nSPS) is 15.8. The lowest BCUT2D eigenvalue weighted by molar-refractivity contribution is 0.170. The van der Waals surface area contributed by atoms with Gasteiger partial charge in [0.1, 0.15) is 0 Å². The van der Waals surface area contributed by atoms with Gasteiger partial charge in [-0.1, -0.05) is 42.0 Å². The van der Waals surface area contributed by atoms with Crippen molar-refractivity contribution in [1.29, 1.82) is 0 Å². The predicted octanol–water partition coefficient (Wildman–Crippen LogP) is 4.17. The van der Waals surface area contributed by atoms with E-state index in [9.17, 15) is 5.11 Å². The smallest absolute Gasteiger partial charge is 0.191 e. The van der Waals surface area contributed by atoms with Gasteiger partial charge in [-0.3, -0.25) is 4.99 Å². The van der Waals surface area contributed by atoms with Gasteiger partial charge >= 0.3 is 0 Å². The van der Waals surface area contributed by atoms with Crippen LogP contribution in [0, 0.1) is 0 Å². The molecule has 0 aromatic heterocycles. The lowest BCUT2D eigenvalue weighted by Crippen LogP contribution is -2.38. The molecule has 0 aliphatic heterocycles.